The number of aliphatic hydroxyl groups is 2. The molecule has 0 fully saturated rings. The van der Waals surface area contributed by atoms with E-state index >= 15 is 0 Å². The molecule has 2 N–H and O–H groups in total. The molecule has 0 aliphatic heterocycles. The zero-order chi connectivity index (χ0) is 28.0. The van der Waals surface area contributed by atoms with Gasteiger partial charge in [-0.25, -0.2) is 0 Å². The predicted molar refractivity (Wildman–Crippen MR) is 174 cm³/mol. The molecule has 0 saturated heterocycles. The van der Waals surface area contributed by atoms with E-state index in [9.17, 15) is 10.2 Å². The Morgan fingerprint density at radius 3 is 2.05 bits per heavy atom. The van der Waals surface area contributed by atoms with Crippen LogP contribution in [0, 0.1) is 11.8 Å². The number of hydrogen-bond acceptors (Lipinski definition) is 2. The lowest BCUT2D eigenvalue weighted by Crippen LogP contribution is -2.10. The summed E-state index contributed by atoms with van der Waals surface area (Å²) in [5.41, 5.74) is 8.18. The zero-order valence-corrected chi connectivity index (χ0v) is 25.8. The molecule has 4 aromatic carbocycles. The van der Waals surface area contributed by atoms with Crippen LogP contribution in [0.15, 0.2) is 94.0 Å². The van der Waals surface area contributed by atoms with Crippen molar-refractivity contribution in [2.75, 3.05) is 13.2 Å². The molecule has 0 saturated carbocycles. The summed E-state index contributed by atoms with van der Waals surface area (Å²) < 4.78 is 6.68. The zero-order valence-electron chi connectivity index (χ0n) is 22.6. The molecule has 0 bridgehead atoms. The summed E-state index contributed by atoms with van der Waals surface area (Å²) in [6, 6.07) is 28.2. The first-order valence-corrected chi connectivity index (χ1v) is 15.3. The molecule has 0 spiro atoms. The third-order valence-corrected chi connectivity index (χ3v) is 8.99. The lowest BCUT2D eigenvalue weighted by atomic mass is 9.99. The molecule has 2 aromatic heterocycles. The van der Waals surface area contributed by atoms with E-state index in [1.807, 2.05) is 0 Å². The van der Waals surface area contributed by atoms with Gasteiger partial charge in [0.2, 0.25) is 0 Å². The van der Waals surface area contributed by atoms with E-state index in [2.05, 4.69) is 140 Å². The first kappa shape index (κ1) is 27.3. The van der Waals surface area contributed by atoms with E-state index in [4.69, 9.17) is 0 Å². The average molecular weight is 660 g/mol. The second-order valence-electron chi connectivity index (χ2n) is 11.0. The molecule has 204 valence electrons. The number of hydrogen-bond donors (Lipinski definition) is 2. The fourth-order valence-electron chi connectivity index (χ4n) is 5.72. The van der Waals surface area contributed by atoms with Crippen LogP contribution in [0.1, 0.15) is 13.8 Å². The molecule has 40 heavy (non-hydrogen) atoms. The molecule has 6 heteroatoms. The van der Waals surface area contributed by atoms with Crippen LogP contribution in [0.2, 0.25) is 0 Å². The Morgan fingerprint density at radius 1 is 0.650 bits per heavy atom. The third kappa shape index (κ3) is 4.92. The van der Waals surface area contributed by atoms with E-state index in [1.54, 1.807) is 0 Å². The van der Waals surface area contributed by atoms with Crippen LogP contribution in [-0.4, -0.2) is 32.6 Å². The molecule has 0 aliphatic carbocycles. The second kappa shape index (κ2) is 11.2. The van der Waals surface area contributed by atoms with Crippen molar-refractivity contribution in [3.05, 3.63) is 94.0 Å². The first-order chi connectivity index (χ1) is 19.4. The molecule has 6 aromatic rings. The van der Waals surface area contributed by atoms with E-state index in [0.717, 1.165) is 38.7 Å². The number of nitrogens with zero attached hydrogens (tertiary/aromatic N) is 2. The molecular weight excluding hydrogens is 628 g/mol. The largest absolute Gasteiger partial charge is 0.396 e. The minimum atomic E-state index is 0.163. The molecule has 2 heterocycles. The monoisotopic (exact) mass is 658 g/mol. The van der Waals surface area contributed by atoms with E-state index in [0.29, 0.717) is 0 Å². The lowest BCUT2D eigenvalue weighted by Gasteiger charge is -2.13. The number of rotatable bonds is 8. The van der Waals surface area contributed by atoms with Crippen molar-refractivity contribution in [1.29, 1.82) is 0 Å². The summed E-state index contributed by atoms with van der Waals surface area (Å²) >= 11 is 7.50. The number of fused-ring (bicyclic) bond motifs is 4. The van der Waals surface area contributed by atoms with E-state index < -0.39 is 0 Å². The first-order valence-electron chi connectivity index (χ1n) is 13.7. The smallest absolute Gasteiger partial charge is 0.0503 e. The average Bonchev–Trinajstić information content (AvgIpc) is 3.47. The van der Waals surface area contributed by atoms with Crippen molar-refractivity contribution in [2.24, 2.45) is 11.8 Å². The minimum absolute atomic E-state index is 0.163. The Kier molecular flexibility index (Phi) is 7.62. The molecule has 6 rings (SSSR count). The maximum atomic E-state index is 9.72. The minimum Gasteiger partial charge on any atom is -0.396 e. The molecule has 0 unspecified atom stereocenters. The van der Waals surface area contributed by atoms with Crippen molar-refractivity contribution in [3.63, 3.8) is 0 Å². The fourth-order valence-corrected chi connectivity index (χ4v) is 6.63. The van der Waals surface area contributed by atoms with Crippen molar-refractivity contribution in [1.82, 2.24) is 9.13 Å². The number of benzene rings is 4. The number of halogens is 2. The van der Waals surface area contributed by atoms with Crippen molar-refractivity contribution in [3.8, 4) is 22.3 Å². The number of para-hydroxylation sites is 1. The van der Waals surface area contributed by atoms with Crippen LogP contribution in [0.5, 0.6) is 0 Å². The van der Waals surface area contributed by atoms with Gasteiger partial charge in [0, 0.05) is 74.2 Å². The van der Waals surface area contributed by atoms with E-state index in [1.165, 1.54) is 38.3 Å². The van der Waals surface area contributed by atoms with Crippen LogP contribution < -0.4 is 0 Å². The molecule has 2 atom stereocenters. The van der Waals surface area contributed by atoms with Gasteiger partial charge in [0.15, 0.2) is 0 Å². The maximum Gasteiger partial charge on any atom is 0.0503 e. The summed E-state index contributed by atoms with van der Waals surface area (Å²) in [5.74, 6) is 0.346. The van der Waals surface area contributed by atoms with Crippen LogP contribution >= 0.6 is 31.9 Å². The highest BCUT2D eigenvalue weighted by Gasteiger charge is 2.17. The molecule has 0 radical (unpaired) electrons. The predicted octanol–water partition coefficient (Wildman–Crippen LogP) is 8.87. The maximum absolute atomic E-state index is 9.72. The normalized spacial score (nSPS) is 13.4. The SMILES string of the molecule is C[C@H](CO)Cn1cc(-c2ccc(-c3cc4c5ccccc5n(C[C@H](C)CO)c4cc3Br)cc2)c2ccc(Br)cc21. The molecule has 0 amide bonds. The van der Waals surface area contributed by atoms with Crippen LogP contribution in [-0.2, 0) is 13.1 Å². The highest BCUT2D eigenvalue weighted by atomic mass is 79.9. The Hall–Kier alpha value is -2.90. The van der Waals surface area contributed by atoms with Gasteiger partial charge < -0.3 is 19.3 Å². The summed E-state index contributed by atoms with van der Waals surface area (Å²) in [7, 11) is 0. The van der Waals surface area contributed by atoms with Gasteiger partial charge in [-0.1, -0.05) is 94.2 Å². The summed E-state index contributed by atoms with van der Waals surface area (Å²) in [5, 5.41) is 23.0. The Morgan fingerprint density at radius 2 is 1.32 bits per heavy atom. The molecule has 4 nitrogen and oxygen atoms in total. The van der Waals surface area contributed by atoms with Gasteiger partial charge in [-0.05, 0) is 58.9 Å². The standard InChI is InChI=1S/C34H32Br2N2O2/c1-21(19-39)16-37-18-30(27-12-11-25(35)13-33(27)37)24-9-7-23(8-10-24)28-14-29-26-5-3-4-6-32(26)38(17-22(2)20-40)34(29)15-31(28)36/h3-15,18,21-22,39-40H,16-17,19-20H2,1-2H3/t21-,22-/m0/s1. The molecule has 0 aliphatic rings. The van der Waals surface area contributed by atoms with Gasteiger partial charge in [0.05, 0.1) is 5.52 Å². The van der Waals surface area contributed by atoms with Crippen molar-refractivity contribution in [2.45, 2.75) is 26.9 Å². The van der Waals surface area contributed by atoms with Gasteiger partial charge in [-0.2, -0.15) is 0 Å². The number of aromatic nitrogens is 2. The highest BCUT2D eigenvalue weighted by molar-refractivity contribution is 9.10. The van der Waals surface area contributed by atoms with E-state index in [-0.39, 0.29) is 25.0 Å². The molecular formula is C34H32Br2N2O2. The van der Waals surface area contributed by atoms with Gasteiger partial charge in [0.25, 0.3) is 0 Å². The second-order valence-corrected chi connectivity index (χ2v) is 12.8. The van der Waals surface area contributed by atoms with Gasteiger partial charge in [0.1, 0.15) is 0 Å². The number of aliphatic hydroxyl groups excluding tert-OH is 2. The van der Waals surface area contributed by atoms with Crippen molar-refractivity contribution >= 4 is 64.6 Å². The van der Waals surface area contributed by atoms with Gasteiger partial charge in [-0.3, -0.25) is 0 Å². The third-order valence-electron chi connectivity index (χ3n) is 7.84. The van der Waals surface area contributed by atoms with Gasteiger partial charge >= 0.3 is 0 Å². The van der Waals surface area contributed by atoms with Crippen LogP contribution in [0.4, 0.5) is 0 Å². The van der Waals surface area contributed by atoms with Crippen LogP contribution in [0.3, 0.4) is 0 Å². The summed E-state index contributed by atoms with van der Waals surface area (Å²) in [6.07, 6.45) is 2.21. The van der Waals surface area contributed by atoms with Gasteiger partial charge in [-0.15, -0.1) is 0 Å². The quantitative estimate of drug-likeness (QED) is 0.171. The topological polar surface area (TPSA) is 50.3 Å². The Balaban J connectivity index is 1.42. The summed E-state index contributed by atoms with van der Waals surface area (Å²) in [6.45, 7) is 6.00. The Labute approximate surface area is 251 Å². The summed E-state index contributed by atoms with van der Waals surface area (Å²) in [4.78, 5) is 0. The Bertz CT molecular complexity index is 1840. The highest BCUT2D eigenvalue weighted by Crippen LogP contribution is 2.39. The lowest BCUT2D eigenvalue weighted by molar-refractivity contribution is 0.224. The fraction of sp³-hybridized carbons (Fsp3) is 0.235. The van der Waals surface area contributed by atoms with Crippen LogP contribution in [0.25, 0.3) is 55.0 Å². The van der Waals surface area contributed by atoms with Crippen molar-refractivity contribution < 1.29 is 10.2 Å².